The highest BCUT2D eigenvalue weighted by Gasteiger charge is 2.31. The van der Waals surface area contributed by atoms with E-state index >= 15 is 0 Å². The summed E-state index contributed by atoms with van der Waals surface area (Å²) in [6.45, 7) is 4.00. The molecule has 0 bridgehead atoms. The molecule has 0 radical (unpaired) electrons. The lowest BCUT2D eigenvalue weighted by atomic mass is 10.1. The fraction of sp³-hybridized carbons (Fsp3) is 0.250. The maximum Gasteiger partial charge on any atom is 0.234 e. The van der Waals surface area contributed by atoms with Crippen LogP contribution in [0.4, 0.5) is 10.1 Å². The first-order valence-corrected chi connectivity index (χ1v) is 10.8. The molecule has 3 rings (SSSR count). The topological polar surface area (TPSA) is 53.8 Å². The van der Waals surface area contributed by atoms with Crippen molar-refractivity contribution in [3.63, 3.8) is 0 Å². The number of benzene rings is 2. The van der Waals surface area contributed by atoms with E-state index in [-0.39, 0.29) is 16.7 Å². The summed E-state index contributed by atoms with van der Waals surface area (Å²) >= 11 is 10.5. The molecule has 0 saturated heterocycles. The molecule has 1 atom stereocenters. The Kier molecular flexibility index (Phi) is 6.58. The predicted octanol–water partition coefficient (Wildman–Crippen LogP) is 5.94. The molecule has 0 aromatic heterocycles. The highest BCUT2D eigenvalue weighted by Crippen LogP contribution is 2.30. The van der Waals surface area contributed by atoms with E-state index < -0.39 is 11.5 Å². The summed E-state index contributed by atoms with van der Waals surface area (Å²) in [5.74, 6) is -0.595. The van der Waals surface area contributed by atoms with Gasteiger partial charge in [-0.2, -0.15) is 0 Å². The summed E-state index contributed by atoms with van der Waals surface area (Å²) in [4.78, 5) is 21.8. The normalized spacial score (nSPS) is 18.6. The fourth-order valence-corrected chi connectivity index (χ4v) is 3.89. The molecular weight excluding hydrogens is 465 g/mol. The second kappa shape index (κ2) is 8.76. The number of hydrogen-bond acceptors (Lipinski definition) is 4. The number of carbonyl (C=O) groups is 1. The van der Waals surface area contributed by atoms with Crippen LogP contribution in [0.3, 0.4) is 0 Å². The zero-order valence-corrected chi connectivity index (χ0v) is 18.5. The van der Waals surface area contributed by atoms with Crippen molar-refractivity contribution in [2.24, 2.45) is 9.98 Å². The molecule has 0 saturated carbocycles. The number of carbonyl (C=O) groups excluding carboxylic acids is 1. The second-order valence-electron chi connectivity index (χ2n) is 6.42. The van der Waals surface area contributed by atoms with Crippen LogP contribution in [0.15, 0.2) is 56.9 Å². The van der Waals surface area contributed by atoms with Crippen LogP contribution in [0, 0.1) is 5.82 Å². The summed E-state index contributed by atoms with van der Waals surface area (Å²) in [6, 6.07) is 11.9. The van der Waals surface area contributed by atoms with Gasteiger partial charge in [0.15, 0.2) is 0 Å². The minimum absolute atomic E-state index is 0.0333. The number of aliphatic imine (C=N–C) groups is 2. The molecule has 1 heterocycles. The maximum atomic E-state index is 13.2. The van der Waals surface area contributed by atoms with Crippen LogP contribution in [-0.4, -0.2) is 28.1 Å². The van der Waals surface area contributed by atoms with Gasteiger partial charge >= 0.3 is 0 Å². The molecule has 0 fully saturated rings. The molecule has 0 aliphatic carbocycles. The smallest absolute Gasteiger partial charge is 0.234 e. The number of amides is 1. The van der Waals surface area contributed by atoms with Gasteiger partial charge in [0.25, 0.3) is 0 Å². The Morgan fingerprint density at radius 3 is 2.61 bits per heavy atom. The lowest BCUT2D eigenvalue weighted by Crippen LogP contribution is -2.17. The Hall–Kier alpha value is -1.70. The van der Waals surface area contributed by atoms with E-state index in [0.717, 1.165) is 27.2 Å². The first-order valence-electron chi connectivity index (χ1n) is 8.63. The largest absolute Gasteiger partial charge is 0.325 e. The summed E-state index contributed by atoms with van der Waals surface area (Å²) in [6.07, 6.45) is 0.761. The minimum Gasteiger partial charge on any atom is -0.325 e. The van der Waals surface area contributed by atoms with Gasteiger partial charge in [-0.25, -0.2) is 9.38 Å². The van der Waals surface area contributed by atoms with Crippen molar-refractivity contribution in [2.45, 2.75) is 25.9 Å². The van der Waals surface area contributed by atoms with Crippen LogP contribution in [0.5, 0.6) is 0 Å². The molecule has 146 valence electrons. The van der Waals surface area contributed by atoms with Crippen LogP contribution < -0.4 is 5.32 Å². The fourth-order valence-electron chi connectivity index (χ4n) is 2.54. The molecule has 8 heteroatoms. The van der Waals surface area contributed by atoms with Crippen LogP contribution in [-0.2, 0) is 4.79 Å². The van der Waals surface area contributed by atoms with Crippen molar-refractivity contribution in [3.8, 4) is 0 Å². The number of anilines is 1. The number of hydrogen-bond donors (Lipinski definition) is 1. The van der Waals surface area contributed by atoms with Crippen molar-refractivity contribution in [1.82, 2.24) is 0 Å². The molecule has 28 heavy (non-hydrogen) atoms. The lowest BCUT2D eigenvalue weighted by molar-refractivity contribution is -0.113. The maximum absolute atomic E-state index is 13.2. The van der Waals surface area contributed by atoms with Gasteiger partial charge in [0.1, 0.15) is 16.5 Å². The first kappa shape index (κ1) is 21.0. The van der Waals surface area contributed by atoms with E-state index in [1.54, 1.807) is 0 Å². The third-order valence-electron chi connectivity index (χ3n) is 4.23. The zero-order chi connectivity index (χ0) is 20.3. The van der Waals surface area contributed by atoms with Crippen LogP contribution in [0.2, 0.25) is 5.02 Å². The van der Waals surface area contributed by atoms with Gasteiger partial charge in [-0.05, 0) is 43.7 Å². The highest BCUT2D eigenvalue weighted by atomic mass is 79.9. The highest BCUT2D eigenvalue weighted by molar-refractivity contribution is 9.10. The Labute approximate surface area is 180 Å². The first-order chi connectivity index (χ1) is 13.3. The SMILES string of the molecule is CC[C@@]1(C)N=C(SCC(=O)Nc2ccc(F)c(Cl)c2)C(c2ccc(Br)cc2)=N1. The molecule has 2 aromatic rings. The number of nitrogens with one attached hydrogen (secondary N) is 1. The van der Waals surface area contributed by atoms with Gasteiger partial charge in [-0.3, -0.25) is 9.79 Å². The molecular formula is C20H18BrClFN3OS. The molecule has 1 amide bonds. The van der Waals surface area contributed by atoms with Crippen molar-refractivity contribution >= 4 is 61.6 Å². The zero-order valence-electron chi connectivity index (χ0n) is 15.3. The van der Waals surface area contributed by atoms with Crippen molar-refractivity contribution < 1.29 is 9.18 Å². The number of thioether (sulfide) groups is 1. The van der Waals surface area contributed by atoms with Gasteiger partial charge in [0, 0.05) is 15.7 Å². The average Bonchev–Trinajstić information content (AvgIpc) is 3.01. The van der Waals surface area contributed by atoms with Crippen LogP contribution in [0.1, 0.15) is 25.8 Å². The average molecular weight is 483 g/mol. The van der Waals surface area contributed by atoms with E-state index in [9.17, 15) is 9.18 Å². The van der Waals surface area contributed by atoms with Crippen molar-refractivity contribution in [3.05, 3.63) is 63.3 Å². The van der Waals surface area contributed by atoms with Crippen LogP contribution >= 0.6 is 39.3 Å². The Morgan fingerprint density at radius 2 is 1.96 bits per heavy atom. The third-order valence-corrected chi connectivity index (χ3v) is 6.01. The standard InChI is InChI=1S/C20H18BrClFN3OS/c1-3-20(2)25-18(12-4-6-13(21)7-5-12)19(26-20)28-11-17(27)24-14-8-9-16(23)15(22)10-14/h4-10H,3,11H2,1-2H3,(H,24,27)/t20-/m1/s1. The van der Waals surface area contributed by atoms with Gasteiger partial charge in [-0.1, -0.05) is 58.3 Å². The molecule has 4 nitrogen and oxygen atoms in total. The summed E-state index contributed by atoms with van der Waals surface area (Å²) in [7, 11) is 0. The Morgan fingerprint density at radius 1 is 1.25 bits per heavy atom. The van der Waals surface area contributed by atoms with Gasteiger partial charge in [-0.15, -0.1) is 0 Å². The second-order valence-corrected chi connectivity index (χ2v) is 8.71. The van der Waals surface area contributed by atoms with E-state index in [1.165, 1.54) is 30.0 Å². The van der Waals surface area contributed by atoms with Crippen molar-refractivity contribution in [1.29, 1.82) is 0 Å². The third kappa shape index (κ3) is 5.01. The Balaban J connectivity index is 1.71. The lowest BCUT2D eigenvalue weighted by Gasteiger charge is -2.13. The molecule has 1 N–H and O–H groups in total. The van der Waals surface area contributed by atoms with Crippen molar-refractivity contribution in [2.75, 3.05) is 11.1 Å². The monoisotopic (exact) mass is 481 g/mol. The molecule has 1 aliphatic rings. The predicted molar refractivity (Wildman–Crippen MR) is 119 cm³/mol. The quantitative estimate of drug-likeness (QED) is 0.573. The van der Waals surface area contributed by atoms with Crippen LogP contribution in [0.25, 0.3) is 0 Å². The van der Waals surface area contributed by atoms with E-state index in [4.69, 9.17) is 21.6 Å². The van der Waals surface area contributed by atoms with Gasteiger partial charge in [0.05, 0.1) is 16.5 Å². The molecule has 1 aliphatic heterocycles. The van der Waals surface area contributed by atoms with Gasteiger partial charge in [0.2, 0.25) is 5.91 Å². The van der Waals surface area contributed by atoms with Gasteiger partial charge < -0.3 is 5.32 Å². The molecule has 0 spiro atoms. The summed E-state index contributed by atoms with van der Waals surface area (Å²) in [5, 5.41) is 3.42. The molecule has 0 unspecified atom stereocenters. The number of nitrogens with zero attached hydrogens (tertiary/aromatic N) is 2. The Bertz CT molecular complexity index is 964. The minimum atomic E-state index is -0.524. The van der Waals surface area contributed by atoms with E-state index in [1.807, 2.05) is 38.1 Å². The number of rotatable bonds is 5. The molecule has 2 aromatic carbocycles. The summed E-state index contributed by atoms with van der Waals surface area (Å²) in [5.41, 5.74) is 1.67. The summed E-state index contributed by atoms with van der Waals surface area (Å²) < 4.78 is 14.2. The number of halogens is 3. The van der Waals surface area contributed by atoms with E-state index in [2.05, 4.69) is 21.2 Å². The van der Waals surface area contributed by atoms with E-state index in [0.29, 0.717) is 5.69 Å².